The van der Waals surface area contributed by atoms with Gasteiger partial charge in [-0.15, -0.1) is 0 Å². The number of benzene rings is 1. The fourth-order valence-electron chi connectivity index (χ4n) is 4.55. The molecule has 0 radical (unpaired) electrons. The van der Waals surface area contributed by atoms with Crippen molar-refractivity contribution < 1.29 is 18.5 Å². The summed E-state index contributed by atoms with van der Waals surface area (Å²) >= 11 is 0. The third-order valence-electron chi connectivity index (χ3n) is 7.81. The Kier molecular flexibility index (Phi) is 5.62. The number of imide groups is 1. The molecule has 1 fully saturated rings. The summed E-state index contributed by atoms with van der Waals surface area (Å²) in [5.41, 5.74) is 4.31. The van der Waals surface area contributed by atoms with Gasteiger partial charge in [0.2, 0.25) is 8.32 Å². The number of hydrogen-bond donors (Lipinski definition) is 0. The highest BCUT2D eigenvalue weighted by atomic mass is 28.4. The summed E-state index contributed by atoms with van der Waals surface area (Å²) in [5.74, 6) is 1.34. The van der Waals surface area contributed by atoms with Gasteiger partial charge < -0.3 is 13.8 Å². The van der Waals surface area contributed by atoms with Gasteiger partial charge in [0.25, 0.3) is 5.91 Å². The van der Waals surface area contributed by atoms with Gasteiger partial charge in [-0.2, -0.15) is 5.10 Å². The largest absolute Gasteiger partial charge is 0.543 e. The lowest BCUT2D eigenvalue weighted by atomic mass is 9.94. The molecule has 0 saturated carbocycles. The normalized spacial score (nSPS) is 18.0. The SMILES string of the molecule is Cc1noc(C)c1Cn1cc(N2C(=O)C3Cc4ccc(O[Si](C)(C)C(C)(C)C)cc4CN3C2=O)cn1. The molecule has 4 heterocycles. The number of rotatable bonds is 5. The van der Waals surface area contributed by atoms with Gasteiger partial charge in [-0.3, -0.25) is 9.48 Å². The predicted molar refractivity (Wildman–Crippen MR) is 137 cm³/mol. The molecule has 2 aliphatic heterocycles. The lowest BCUT2D eigenvalue weighted by molar-refractivity contribution is -0.120. The van der Waals surface area contributed by atoms with Crippen molar-refractivity contribution in [3.63, 3.8) is 0 Å². The first-order valence-corrected chi connectivity index (χ1v) is 15.2. The number of nitrogens with zero attached hydrogens (tertiary/aromatic N) is 5. The average molecular weight is 508 g/mol. The molecule has 0 bridgehead atoms. The lowest BCUT2D eigenvalue weighted by Crippen LogP contribution is -2.44. The number of aryl methyl sites for hydroxylation is 2. The first kappa shape index (κ1) is 24.3. The van der Waals surface area contributed by atoms with Gasteiger partial charge in [0.1, 0.15) is 17.6 Å². The highest BCUT2D eigenvalue weighted by Gasteiger charge is 2.48. The zero-order valence-corrected chi connectivity index (χ0v) is 23.0. The summed E-state index contributed by atoms with van der Waals surface area (Å²) in [4.78, 5) is 29.6. The second-order valence-corrected chi connectivity index (χ2v) is 16.0. The number of carbonyl (C=O) groups is 2. The monoisotopic (exact) mass is 507 g/mol. The number of hydrogen-bond acceptors (Lipinski definition) is 6. The van der Waals surface area contributed by atoms with Gasteiger partial charge in [-0.1, -0.05) is 32.0 Å². The number of aromatic nitrogens is 3. The average Bonchev–Trinajstić information content (AvgIpc) is 3.45. The summed E-state index contributed by atoms with van der Waals surface area (Å²) in [5, 5.41) is 8.44. The van der Waals surface area contributed by atoms with Crippen LogP contribution in [0.1, 0.15) is 48.9 Å². The van der Waals surface area contributed by atoms with E-state index in [4.69, 9.17) is 8.95 Å². The van der Waals surface area contributed by atoms with Crippen molar-refractivity contribution in [3.05, 3.63) is 58.7 Å². The molecule has 2 aliphatic rings. The van der Waals surface area contributed by atoms with Gasteiger partial charge in [0, 0.05) is 24.7 Å². The molecule has 3 aromatic rings. The van der Waals surface area contributed by atoms with Gasteiger partial charge in [-0.25, -0.2) is 9.69 Å². The van der Waals surface area contributed by atoms with E-state index in [-0.39, 0.29) is 17.0 Å². The third kappa shape index (κ3) is 4.03. The fraction of sp³-hybridized carbons (Fsp3) is 0.462. The fourth-order valence-corrected chi connectivity index (χ4v) is 5.57. The molecule has 1 saturated heterocycles. The summed E-state index contributed by atoms with van der Waals surface area (Å²) in [7, 11) is -1.99. The van der Waals surface area contributed by atoms with Crippen LogP contribution in [0.3, 0.4) is 0 Å². The Morgan fingerprint density at radius 2 is 1.92 bits per heavy atom. The van der Waals surface area contributed by atoms with Crippen LogP contribution < -0.4 is 9.33 Å². The van der Waals surface area contributed by atoms with E-state index in [9.17, 15) is 9.59 Å². The van der Waals surface area contributed by atoms with E-state index in [0.717, 1.165) is 33.9 Å². The molecule has 190 valence electrons. The van der Waals surface area contributed by atoms with Crippen LogP contribution >= 0.6 is 0 Å². The summed E-state index contributed by atoms with van der Waals surface area (Å²) < 4.78 is 13.4. The van der Waals surface area contributed by atoms with E-state index in [1.165, 1.54) is 4.90 Å². The zero-order valence-electron chi connectivity index (χ0n) is 22.0. The second-order valence-electron chi connectivity index (χ2n) is 11.3. The maximum absolute atomic E-state index is 13.4. The molecule has 5 rings (SSSR count). The summed E-state index contributed by atoms with van der Waals surface area (Å²) in [6.45, 7) is 15.6. The van der Waals surface area contributed by atoms with Crippen molar-refractivity contribution in [1.29, 1.82) is 0 Å². The molecular formula is C26H33N5O4Si. The predicted octanol–water partition coefficient (Wildman–Crippen LogP) is 4.81. The van der Waals surface area contributed by atoms with Crippen molar-refractivity contribution in [3.8, 4) is 5.75 Å². The molecule has 2 aromatic heterocycles. The van der Waals surface area contributed by atoms with Gasteiger partial charge in [0.15, 0.2) is 0 Å². The Labute approximate surface area is 212 Å². The van der Waals surface area contributed by atoms with Crippen LogP contribution in [-0.4, -0.2) is 46.1 Å². The van der Waals surface area contributed by atoms with Crippen molar-refractivity contribution >= 4 is 25.9 Å². The minimum absolute atomic E-state index is 0.0851. The Balaban J connectivity index is 1.35. The molecule has 0 N–H and O–H groups in total. The van der Waals surface area contributed by atoms with Crippen molar-refractivity contribution in [1.82, 2.24) is 19.8 Å². The third-order valence-corrected chi connectivity index (χ3v) is 12.2. The molecule has 1 aromatic carbocycles. The quantitative estimate of drug-likeness (QED) is 0.363. The number of amides is 3. The minimum Gasteiger partial charge on any atom is -0.543 e. The maximum Gasteiger partial charge on any atom is 0.332 e. The Morgan fingerprint density at radius 3 is 2.58 bits per heavy atom. The number of fused-ring (bicyclic) bond motifs is 2. The Morgan fingerprint density at radius 1 is 1.17 bits per heavy atom. The van der Waals surface area contributed by atoms with Gasteiger partial charge >= 0.3 is 6.03 Å². The van der Waals surface area contributed by atoms with Crippen LogP contribution in [0.5, 0.6) is 5.75 Å². The minimum atomic E-state index is -1.99. The smallest absolute Gasteiger partial charge is 0.332 e. The van der Waals surface area contributed by atoms with Crippen LogP contribution in [-0.2, 0) is 24.3 Å². The zero-order chi connectivity index (χ0) is 26.0. The summed E-state index contributed by atoms with van der Waals surface area (Å²) in [6.07, 6.45) is 3.77. The molecule has 9 nitrogen and oxygen atoms in total. The van der Waals surface area contributed by atoms with Crippen LogP contribution in [0.4, 0.5) is 10.5 Å². The van der Waals surface area contributed by atoms with Crippen LogP contribution in [0.25, 0.3) is 0 Å². The van der Waals surface area contributed by atoms with Crippen LogP contribution in [0.15, 0.2) is 35.1 Å². The highest BCUT2D eigenvalue weighted by molar-refractivity contribution is 6.74. The van der Waals surface area contributed by atoms with Gasteiger partial charge in [0.05, 0.1) is 24.1 Å². The number of anilines is 1. The standard InChI is InChI=1S/C26H33N5O4Si/c1-16-22(17(2)34-28-16)15-29-14-20(12-27-29)31-24(32)23-11-18-8-9-21(35-36(6,7)26(3,4)5)10-19(18)13-30(23)25(31)33/h8-10,12,14,23H,11,13,15H2,1-7H3. The molecular weight excluding hydrogens is 474 g/mol. The molecule has 0 spiro atoms. The van der Waals surface area contributed by atoms with Crippen molar-refractivity contribution in [2.75, 3.05) is 4.90 Å². The van der Waals surface area contributed by atoms with Crippen LogP contribution in [0.2, 0.25) is 18.1 Å². The summed E-state index contributed by atoms with van der Waals surface area (Å²) in [6, 6.07) is 5.24. The van der Waals surface area contributed by atoms with Crippen molar-refractivity contribution in [2.24, 2.45) is 0 Å². The first-order valence-electron chi connectivity index (χ1n) is 12.3. The lowest BCUT2D eigenvalue weighted by Gasteiger charge is -2.37. The van der Waals surface area contributed by atoms with E-state index in [2.05, 4.69) is 44.1 Å². The topological polar surface area (TPSA) is 93.7 Å². The van der Waals surface area contributed by atoms with E-state index < -0.39 is 14.4 Å². The Hall–Kier alpha value is -3.40. The number of urea groups is 1. The maximum atomic E-state index is 13.4. The molecule has 10 heteroatoms. The molecule has 36 heavy (non-hydrogen) atoms. The van der Waals surface area contributed by atoms with Crippen LogP contribution in [0, 0.1) is 13.8 Å². The molecule has 0 aliphatic carbocycles. The molecule has 3 amide bonds. The molecule has 1 unspecified atom stereocenters. The second kappa shape index (κ2) is 8.33. The molecule has 1 atom stereocenters. The van der Waals surface area contributed by atoms with E-state index in [0.29, 0.717) is 25.2 Å². The van der Waals surface area contributed by atoms with Gasteiger partial charge in [-0.05, 0) is 55.2 Å². The van der Waals surface area contributed by atoms with Crippen molar-refractivity contribution in [2.45, 2.75) is 78.3 Å². The van der Waals surface area contributed by atoms with E-state index in [1.54, 1.807) is 22.0 Å². The van der Waals surface area contributed by atoms with E-state index in [1.807, 2.05) is 32.0 Å². The number of carbonyl (C=O) groups excluding carboxylic acids is 2. The van der Waals surface area contributed by atoms with E-state index >= 15 is 0 Å². The highest BCUT2D eigenvalue weighted by Crippen LogP contribution is 2.39. The Bertz CT molecular complexity index is 1330. The first-order chi connectivity index (χ1) is 16.9.